The van der Waals surface area contributed by atoms with Crippen LogP contribution in [-0.2, 0) is 16.6 Å². The average molecular weight is 490 g/mol. The third-order valence-electron chi connectivity index (χ3n) is 4.66. The zero-order chi connectivity index (χ0) is 26.3. The summed E-state index contributed by atoms with van der Waals surface area (Å²) in [5.74, 6) is -1.45. The minimum absolute atomic E-state index is 0.194. The number of guanidine groups is 1. The highest BCUT2D eigenvalue weighted by molar-refractivity contribution is 6.01. The summed E-state index contributed by atoms with van der Waals surface area (Å²) in [5.41, 5.74) is 2.13. The van der Waals surface area contributed by atoms with E-state index in [4.69, 9.17) is 10.1 Å². The van der Waals surface area contributed by atoms with E-state index in [1.807, 2.05) is 7.05 Å². The molecule has 2 aromatic heterocycles. The van der Waals surface area contributed by atoms with Crippen LogP contribution in [0.4, 0.5) is 16.4 Å². The summed E-state index contributed by atoms with van der Waals surface area (Å²) in [6.45, 7) is 5.04. The number of benzene rings is 1. The summed E-state index contributed by atoms with van der Waals surface area (Å²) in [7, 11) is 1.81. The minimum atomic E-state index is -0.858. The van der Waals surface area contributed by atoms with E-state index < -0.39 is 29.5 Å². The van der Waals surface area contributed by atoms with Crippen LogP contribution in [0.1, 0.15) is 38.7 Å². The van der Waals surface area contributed by atoms with E-state index in [1.54, 1.807) is 74.4 Å². The number of hydrogen-bond donors (Lipinski definition) is 4. The van der Waals surface area contributed by atoms with Crippen molar-refractivity contribution in [1.82, 2.24) is 30.4 Å². The van der Waals surface area contributed by atoms with Crippen LogP contribution in [0.2, 0.25) is 0 Å². The van der Waals surface area contributed by atoms with E-state index in [0.29, 0.717) is 17.2 Å². The van der Waals surface area contributed by atoms with Crippen molar-refractivity contribution in [1.29, 1.82) is 10.7 Å². The largest absolute Gasteiger partial charge is 0.444 e. The topological polar surface area (TPSA) is 171 Å². The van der Waals surface area contributed by atoms with Crippen molar-refractivity contribution in [2.75, 3.05) is 5.32 Å². The number of aromatic nitrogens is 4. The fraction of sp³-hybridized carbons (Fsp3) is 0.292. The first-order chi connectivity index (χ1) is 17.0. The first kappa shape index (κ1) is 25.8. The molecule has 3 rings (SSSR count). The summed E-state index contributed by atoms with van der Waals surface area (Å²) in [6, 6.07) is 11.0. The Hall–Kier alpha value is -4.79. The Morgan fingerprint density at radius 2 is 1.92 bits per heavy atom. The molecule has 186 valence electrons. The van der Waals surface area contributed by atoms with Crippen LogP contribution < -0.4 is 16.0 Å². The van der Waals surface area contributed by atoms with E-state index in [-0.39, 0.29) is 6.42 Å². The number of nitrogens with one attached hydrogen (secondary N) is 4. The maximum absolute atomic E-state index is 12.3. The molecule has 0 saturated heterocycles. The Bertz CT molecular complexity index is 1290. The van der Waals surface area contributed by atoms with Gasteiger partial charge >= 0.3 is 6.09 Å². The number of hydrogen-bond acceptors (Lipinski definition) is 9. The number of aryl methyl sites for hydroxylation is 1. The predicted molar refractivity (Wildman–Crippen MR) is 132 cm³/mol. The number of nitriles is 1. The standard InChI is InChI=1S/C24H27N9O3/c1-24(2,3)36-23(35)32-21(26)31-20(34)11-17(12-25)15-5-7-16(8-6-15)19-9-10-27-22(30-19)29-18-13-28-33(4)14-18/h5-10,13-14,17H,11H2,1-4H3,(H,27,29,30)(H3,26,31,32,34,35). The summed E-state index contributed by atoms with van der Waals surface area (Å²) in [6.07, 6.45) is 4.05. The van der Waals surface area contributed by atoms with Gasteiger partial charge in [0.15, 0.2) is 0 Å². The summed E-state index contributed by atoms with van der Waals surface area (Å²) >= 11 is 0. The van der Waals surface area contributed by atoms with Crippen molar-refractivity contribution in [2.45, 2.75) is 38.7 Å². The van der Waals surface area contributed by atoms with Gasteiger partial charge in [-0.25, -0.2) is 14.8 Å². The number of amides is 2. The maximum atomic E-state index is 12.3. The number of alkyl carbamates (subject to hydrolysis) is 1. The molecule has 1 unspecified atom stereocenters. The average Bonchev–Trinajstić information content (AvgIpc) is 3.20. The smallest absolute Gasteiger partial charge is 0.414 e. The van der Waals surface area contributed by atoms with E-state index in [2.05, 4.69) is 37.1 Å². The first-order valence-corrected chi connectivity index (χ1v) is 11.0. The van der Waals surface area contributed by atoms with Gasteiger partial charge < -0.3 is 10.1 Å². The van der Waals surface area contributed by atoms with Gasteiger partial charge in [0.1, 0.15) is 5.60 Å². The number of nitrogens with zero attached hydrogens (tertiary/aromatic N) is 5. The van der Waals surface area contributed by atoms with Crippen LogP contribution in [0.25, 0.3) is 11.3 Å². The highest BCUT2D eigenvalue weighted by atomic mass is 16.6. The molecule has 0 aliphatic heterocycles. The SMILES string of the molecule is Cn1cc(Nc2nccc(-c3ccc(C(C#N)CC(=O)NC(=N)NC(=O)OC(C)(C)C)cc3)n2)cn1. The molecule has 4 N–H and O–H groups in total. The van der Waals surface area contributed by atoms with Crippen molar-refractivity contribution in [2.24, 2.45) is 7.05 Å². The van der Waals surface area contributed by atoms with Crippen LogP contribution in [0.15, 0.2) is 48.9 Å². The predicted octanol–water partition coefficient (Wildman–Crippen LogP) is 3.19. The normalized spacial score (nSPS) is 11.6. The Kier molecular flexibility index (Phi) is 7.96. The molecule has 12 heteroatoms. The molecule has 0 radical (unpaired) electrons. The van der Waals surface area contributed by atoms with Gasteiger partial charge in [-0.05, 0) is 32.4 Å². The van der Waals surface area contributed by atoms with Gasteiger partial charge in [-0.2, -0.15) is 10.4 Å². The third-order valence-corrected chi connectivity index (χ3v) is 4.66. The molecule has 0 bridgehead atoms. The lowest BCUT2D eigenvalue weighted by Gasteiger charge is -2.20. The second-order valence-corrected chi connectivity index (χ2v) is 8.85. The van der Waals surface area contributed by atoms with Crippen molar-refractivity contribution in [3.63, 3.8) is 0 Å². The molecule has 0 aliphatic rings. The molecule has 3 aromatic rings. The van der Waals surface area contributed by atoms with Gasteiger partial charge in [0, 0.05) is 31.4 Å². The van der Waals surface area contributed by atoms with E-state index in [9.17, 15) is 14.9 Å². The quantitative estimate of drug-likeness (QED) is 0.302. The van der Waals surface area contributed by atoms with Gasteiger partial charge in [-0.1, -0.05) is 24.3 Å². The van der Waals surface area contributed by atoms with Crippen LogP contribution in [-0.4, -0.2) is 43.3 Å². The highest BCUT2D eigenvalue weighted by Crippen LogP contribution is 2.24. The van der Waals surface area contributed by atoms with Crippen LogP contribution in [0, 0.1) is 16.7 Å². The molecular weight excluding hydrogens is 462 g/mol. The van der Waals surface area contributed by atoms with Crippen molar-refractivity contribution < 1.29 is 14.3 Å². The lowest BCUT2D eigenvalue weighted by atomic mass is 9.95. The molecule has 0 fully saturated rings. The number of rotatable bonds is 6. The Morgan fingerprint density at radius 3 is 2.53 bits per heavy atom. The van der Waals surface area contributed by atoms with Gasteiger partial charge in [-0.3, -0.25) is 25.5 Å². The van der Waals surface area contributed by atoms with Crippen LogP contribution in [0.5, 0.6) is 0 Å². The van der Waals surface area contributed by atoms with E-state index in [1.165, 1.54) is 0 Å². The number of anilines is 2. The monoisotopic (exact) mass is 489 g/mol. The molecule has 0 spiro atoms. The molecule has 1 aromatic carbocycles. The molecule has 0 aliphatic carbocycles. The van der Waals surface area contributed by atoms with Crippen molar-refractivity contribution >= 4 is 29.6 Å². The molecule has 1 atom stereocenters. The van der Waals surface area contributed by atoms with Crippen molar-refractivity contribution in [3.05, 3.63) is 54.5 Å². The number of carbonyl (C=O) groups excluding carboxylic acids is 2. The van der Waals surface area contributed by atoms with Gasteiger partial charge in [0.05, 0.1) is 29.6 Å². The van der Waals surface area contributed by atoms with Crippen LogP contribution in [0.3, 0.4) is 0 Å². The van der Waals surface area contributed by atoms with E-state index in [0.717, 1.165) is 11.3 Å². The second-order valence-electron chi connectivity index (χ2n) is 8.85. The third kappa shape index (κ3) is 7.63. The number of ether oxygens (including phenoxy) is 1. The summed E-state index contributed by atoms with van der Waals surface area (Å²) in [4.78, 5) is 32.8. The number of carbonyl (C=O) groups is 2. The molecule has 0 saturated carbocycles. The molecule has 2 amide bonds. The molecule has 2 heterocycles. The maximum Gasteiger partial charge on any atom is 0.414 e. The lowest BCUT2D eigenvalue weighted by molar-refractivity contribution is -0.119. The Balaban J connectivity index is 1.60. The Labute approximate surface area is 208 Å². The highest BCUT2D eigenvalue weighted by Gasteiger charge is 2.20. The first-order valence-electron chi connectivity index (χ1n) is 11.0. The summed E-state index contributed by atoms with van der Waals surface area (Å²) in [5, 5.41) is 28.9. The molecule has 36 heavy (non-hydrogen) atoms. The zero-order valence-electron chi connectivity index (χ0n) is 20.4. The zero-order valence-corrected chi connectivity index (χ0v) is 20.4. The lowest BCUT2D eigenvalue weighted by Crippen LogP contribution is -2.45. The van der Waals surface area contributed by atoms with Crippen LogP contribution >= 0.6 is 0 Å². The van der Waals surface area contributed by atoms with Crippen molar-refractivity contribution in [3.8, 4) is 17.3 Å². The summed E-state index contributed by atoms with van der Waals surface area (Å²) < 4.78 is 6.70. The second kappa shape index (κ2) is 11.1. The molecule has 12 nitrogen and oxygen atoms in total. The fourth-order valence-corrected chi connectivity index (χ4v) is 3.13. The fourth-order valence-electron chi connectivity index (χ4n) is 3.13. The Morgan fingerprint density at radius 1 is 1.19 bits per heavy atom. The molecular formula is C24H27N9O3. The van der Waals surface area contributed by atoms with E-state index >= 15 is 0 Å². The van der Waals surface area contributed by atoms with Gasteiger partial charge in [0.25, 0.3) is 0 Å². The minimum Gasteiger partial charge on any atom is -0.444 e. The van der Waals surface area contributed by atoms with Gasteiger partial charge in [-0.15, -0.1) is 0 Å². The van der Waals surface area contributed by atoms with Gasteiger partial charge in [0.2, 0.25) is 17.8 Å².